The predicted molar refractivity (Wildman–Crippen MR) is 82.5 cm³/mol. The first-order valence-corrected chi connectivity index (χ1v) is 7.77. The highest BCUT2D eigenvalue weighted by Crippen LogP contribution is 2.28. The maximum Gasteiger partial charge on any atom is 0.288 e. The summed E-state index contributed by atoms with van der Waals surface area (Å²) in [4.78, 5) is 12.7. The Hall–Kier alpha value is -1.17. The van der Waals surface area contributed by atoms with E-state index in [0.29, 0.717) is 19.1 Å². The Bertz CT molecular complexity index is 490. The minimum atomic E-state index is -0.456. The maximum absolute atomic E-state index is 11.0. The van der Waals surface area contributed by atoms with Crippen LogP contribution < -0.4 is 0 Å². The van der Waals surface area contributed by atoms with Gasteiger partial charge in [-0.3, -0.25) is 15.0 Å². The Labute approximate surface area is 129 Å². The molecule has 1 saturated carbocycles. The summed E-state index contributed by atoms with van der Waals surface area (Å²) in [6.07, 6.45) is 5.97. The van der Waals surface area contributed by atoms with Crippen LogP contribution in [-0.4, -0.2) is 34.1 Å². The first-order valence-electron chi connectivity index (χ1n) is 7.39. The van der Waals surface area contributed by atoms with Crippen LogP contribution in [0.15, 0.2) is 18.2 Å². The van der Waals surface area contributed by atoms with E-state index in [1.54, 1.807) is 6.07 Å². The van der Waals surface area contributed by atoms with E-state index in [4.69, 9.17) is 11.6 Å². The van der Waals surface area contributed by atoms with Crippen LogP contribution in [0.5, 0.6) is 0 Å². The average Bonchev–Trinajstić information content (AvgIpc) is 2.49. The molecule has 2 rings (SSSR count). The molecule has 116 valence electrons. The smallest absolute Gasteiger partial charge is 0.288 e. The summed E-state index contributed by atoms with van der Waals surface area (Å²) in [5, 5.41) is 20.4. The standard InChI is InChI=1S/C15H21ClN2O3/c16-14-7-6-12(10-15(14)18(20)21)11-17(8-9-19)13-4-2-1-3-5-13/h6-7,10,13,19H,1-5,8-9,11H2. The molecular formula is C15H21ClN2O3. The third-order valence-corrected chi connectivity index (χ3v) is 4.39. The number of nitro benzene ring substituents is 1. The van der Waals surface area contributed by atoms with Crippen LogP contribution in [0.2, 0.25) is 5.02 Å². The van der Waals surface area contributed by atoms with Crippen molar-refractivity contribution in [2.75, 3.05) is 13.2 Å². The molecule has 6 heteroatoms. The minimum absolute atomic E-state index is 0.0539. The highest BCUT2D eigenvalue weighted by atomic mass is 35.5. The monoisotopic (exact) mass is 312 g/mol. The quantitative estimate of drug-likeness (QED) is 0.646. The second kappa shape index (κ2) is 7.73. The Balaban J connectivity index is 2.12. The molecule has 0 aliphatic heterocycles. The molecule has 0 radical (unpaired) electrons. The van der Waals surface area contributed by atoms with E-state index < -0.39 is 4.92 Å². The lowest BCUT2D eigenvalue weighted by atomic mass is 9.94. The molecule has 1 aromatic rings. The highest BCUT2D eigenvalue weighted by molar-refractivity contribution is 6.32. The number of hydrogen-bond acceptors (Lipinski definition) is 4. The van der Waals surface area contributed by atoms with E-state index in [0.717, 1.165) is 18.4 Å². The summed E-state index contributed by atoms with van der Waals surface area (Å²) in [6, 6.07) is 5.39. The number of halogens is 1. The lowest BCUT2D eigenvalue weighted by Crippen LogP contribution is -2.38. The van der Waals surface area contributed by atoms with Crippen molar-refractivity contribution in [3.05, 3.63) is 38.9 Å². The molecule has 0 unspecified atom stereocenters. The molecule has 0 spiro atoms. The van der Waals surface area contributed by atoms with Gasteiger partial charge >= 0.3 is 0 Å². The topological polar surface area (TPSA) is 66.6 Å². The van der Waals surface area contributed by atoms with E-state index in [1.165, 1.54) is 25.3 Å². The van der Waals surface area contributed by atoms with Gasteiger partial charge in [0.2, 0.25) is 0 Å². The summed E-state index contributed by atoms with van der Waals surface area (Å²) in [5.41, 5.74) is 0.812. The fourth-order valence-corrected chi connectivity index (χ4v) is 3.18. The second-order valence-electron chi connectivity index (χ2n) is 5.53. The molecule has 1 fully saturated rings. The van der Waals surface area contributed by atoms with E-state index in [-0.39, 0.29) is 17.3 Å². The molecule has 5 nitrogen and oxygen atoms in total. The Kier molecular flexibility index (Phi) is 5.96. The van der Waals surface area contributed by atoms with Gasteiger partial charge in [0.25, 0.3) is 5.69 Å². The molecular weight excluding hydrogens is 292 g/mol. The number of aliphatic hydroxyl groups is 1. The molecule has 0 atom stereocenters. The van der Waals surface area contributed by atoms with Crippen molar-refractivity contribution in [2.45, 2.75) is 44.7 Å². The Morgan fingerprint density at radius 1 is 1.33 bits per heavy atom. The van der Waals surface area contributed by atoms with Gasteiger partial charge < -0.3 is 5.11 Å². The first-order chi connectivity index (χ1) is 10.1. The number of aliphatic hydroxyl groups excluding tert-OH is 1. The number of hydrogen-bond donors (Lipinski definition) is 1. The lowest BCUT2D eigenvalue weighted by molar-refractivity contribution is -0.384. The molecule has 1 aliphatic carbocycles. The maximum atomic E-state index is 11.0. The Morgan fingerprint density at radius 2 is 2.05 bits per heavy atom. The van der Waals surface area contributed by atoms with E-state index in [1.807, 2.05) is 6.07 Å². The van der Waals surface area contributed by atoms with Gasteiger partial charge in [-0.05, 0) is 24.5 Å². The summed E-state index contributed by atoms with van der Waals surface area (Å²) < 4.78 is 0. The summed E-state index contributed by atoms with van der Waals surface area (Å²) in [6.45, 7) is 1.32. The SMILES string of the molecule is O=[N+]([O-])c1cc(CN(CCO)C2CCCCC2)ccc1Cl. The van der Waals surface area contributed by atoms with Crippen molar-refractivity contribution in [3.63, 3.8) is 0 Å². The first kappa shape index (κ1) is 16.2. The number of nitrogens with zero attached hydrogens (tertiary/aromatic N) is 2. The van der Waals surface area contributed by atoms with Crippen LogP contribution in [0.1, 0.15) is 37.7 Å². The van der Waals surface area contributed by atoms with Crippen LogP contribution >= 0.6 is 11.6 Å². The van der Waals surface area contributed by atoms with Crippen molar-refractivity contribution in [1.82, 2.24) is 4.90 Å². The molecule has 1 N–H and O–H groups in total. The average molecular weight is 313 g/mol. The van der Waals surface area contributed by atoms with Crippen LogP contribution in [0.25, 0.3) is 0 Å². The minimum Gasteiger partial charge on any atom is -0.395 e. The fraction of sp³-hybridized carbons (Fsp3) is 0.600. The zero-order valence-corrected chi connectivity index (χ0v) is 12.8. The van der Waals surface area contributed by atoms with Gasteiger partial charge in [0.15, 0.2) is 0 Å². The Morgan fingerprint density at radius 3 is 2.67 bits per heavy atom. The zero-order valence-electron chi connectivity index (χ0n) is 12.0. The molecule has 1 aromatic carbocycles. The highest BCUT2D eigenvalue weighted by Gasteiger charge is 2.22. The molecule has 0 saturated heterocycles. The van der Waals surface area contributed by atoms with Crippen molar-refractivity contribution in [2.24, 2.45) is 0 Å². The molecule has 0 heterocycles. The van der Waals surface area contributed by atoms with Gasteiger partial charge in [-0.25, -0.2) is 0 Å². The molecule has 21 heavy (non-hydrogen) atoms. The largest absolute Gasteiger partial charge is 0.395 e. The van der Waals surface area contributed by atoms with Gasteiger partial charge in [-0.15, -0.1) is 0 Å². The fourth-order valence-electron chi connectivity index (χ4n) is 3.00. The van der Waals surface area contributed by atoms with Gasteiger partial charge in [-0.1, -0.05) is 36.9 Å². The van der Waals surface area contributed by atoms with Gasteiger partial charge in [-0.2, -0.15) is 0 Å². The third-order valence-electron chi connectivity index (χ3n) is 4.07. The molecule has 0 amide bonds. The zero-order chi connectivity index (χ0) is 15.2. The van der Waals surface area contributed by atoms with E-state index in [9.17, 15) is 15.2 Å². The number of benzene rings is 1. The number of rotatable bonds is 6. The van der Waals surface area contributed by atoms with Crippen LogP contribution in [0, 0.1) is 10.1 Å². The third kappa shape index (κ3) is 4.40. The van der Waals surface area contributed by atoms with E-state index >= 15 is 0 Å². The van der Waals surface area contributed by atoms with Crippen molar-refractivity contribution in [3.8, 4) is 0 Å². The van der Waals surface area contributed by atoms with Crippen LogP contribution in [0.3, 0.4) is 0 Å². The number of nitro groups is 1. The van der Waals surface area contributed by atoms with Gasteiger partial charge in [0.05, 0.1) is 11.5 Å². The second-order valence-corrected chi connectivity index (χ2v) is 5.94. The predicted octanol–water partition coefficient (Wildman–Crippen LogP) is 3.38. The van der Waals surface area contributed by atoms with Crippen LogP contribution in [-0.2, 0) is 6.54 Å². The summed E-state index contributed by atoms with van der Waals surface area (Å²) in [5.74, 6) is 0. The molecule has 0 aromatic heterocycles. The summed E-state index contributed by atoms with van der Waals surface area (Å²) in [7, 11) is 0. The van der Waals surface area contributed by atoms with E-state index in [2.05, 4.69) is 4.90 Å². The van der Waals surface area contributed by atoms with Crippen molar-refractivity contribution < 1.29 is 10.0 Å². The van der Waals surface area contributed by atoms with Gasteiger partial charge in [0.1, 0.15) is 5.02 Å². The van der Waals surface area contributed by atoms with Crippen LogP contribution in [0.4, 0.5) is 5.69 Å². The van der Waals surface area contributed by atoms with Crippen molar-refractivity contribution in [1.29, 1.82) is 0 Å². The van der Waals surface area contributed by atoms with Crippen molar-refractivity contribution >= 4 is 17.3 Å². The summed E-state index contributed by atoms with van der Waals surface area (Å²) >= 11 is 5.84. The normalized spacial score (nSPS) is 16.3. The molecule has 0 bridgehead atoms. The lowest BCUT2D eigenvalue weighted by Gasteiger charge is -2.34. The molecule has 1 aliphatic rings. The van der Waals surface area contributed by atoms with Gasteiger partial charge in [0, 0.05) is 25.2 Å².